The molecule has 0 aliphatic rings. The minimum atomic E-state index is 0.746. The molecule has 1 radical (unpaired) electrons. The monoisotopic (exact) mass is 144 g/mol. The lowest BCUT2D eigenvalue weighted by molar-refractivity contribution is 1.12. The van der Waals surface area contributed by atoms with Gasteiger partial charge in [0.1, 0.15) is 0 Å². The molecule has 0 unspecified atom stereocenters. The van der Waals surface area contributed by atoms with Gasteiger partial charge in [-0.1, -0.05) is 12.3 Å². The van der Waals surface area contributed by atoms with Crippen LogP contribution in [0.4, 0.5) is 0 Å². The van der Waals surface area contributed by atoms with Crippen LogP contribution in [0.25, 0.3) is 5.78 Å². The highest BCUT2D eigenvalue weighted by Crippen LogP contribution is 1.91. The first-order valence-electron chi connectivity index (χ1n) is 3.48. The first-order valence-corrected chi connectivity index (χ1v) is 3.48. The Morgan fingerprint density at radius 3 is 3.18 bits per heavy atom. The average molecular weight is 144 g/mol. The van der Waals surface area contributed by atoms with Crippen LogP contribution >= 0.6 is 0 Å². The molecule has 0 amide bonds. The normalized spacial score (nSPS) is 10.3. The Morgan fingerprint density at radius 1 is 1.45 bits per heavy atom. The van der Waals surface area contributed by atoms with E-state index in [4.69, 9.17) is 0 Å². The van der Waals surface area contributed by atoms with Gasteiger partial charge >= 0.3 is 0 Å². The third-order valence-corrected chi connectivity index (χ3v) is 1.60. The lowest BCUT2D eigenvalue weighted by atomic mass is 9.75. The molecule has 0 fully saturated rings. The second-order valence-electron chi connectivity index (χ2n) is 2.31. The Kier molecular flexibility index (Phi) is 1.38. The Hall–Kier alpha value is -1.32. The molecule has 0 aliphatic carbocycles. The van der Waals surface area contributed by atoms with Gasteiger partial charge < -0.3 is 0 Å². The van der Waals surface area contributed by atoms with E-state index in [1.807, 2.05) is 37.1 Å². The van der Waals surface area contributed by atoms with Gasteiger partial charge in [-0.05, 0) is 0 Å². The summed E-state index contributed by atoms with van der Waals surface area (Å²) in [4.78, 5) is 8.16. The maximum absolute atomic E-state index is 4.13. The minimum Gasteiger partial charge on any atom is -0.292 e. The molecular weight excluding hydrogens is 137 g/mol. The highest BCUT2D eigenvalue weighted by Gasteiger charge is 1.94. The van der Waals surface area contributed by atoms with Crippen molar-refractivity contribution in [3.63, 3.8) is 0 Å². The number of imidazole rings is 1. The highest BCUT2D eigenvalue weighted by molar-refractivity contribution is 6.51. The molecule has 0 bridgehead atoms. The molecule has 0 saturated carbocycles. The summed E-state index contributed by atoms with van der Waals surface area (Å²) in [5, 5.41) is 0. The summed E-state index contributed by atoms with van der Waals surface area (Å²) in [6.45, 7) is 1.99. The van der Waals surface area contributed by atoms with E-state index in [0.717, 1.165) is 11.2 Å². The molecule has 0 aromatic carbocycles. The van der Waals surface area contributed by atoms with Crippen molar-refractivity contribution in [1.82, 2.24) is 14.4 Å². The zero-order chi connectivity index (χ0) is 7.68. The summed E-state index contributed by atoms with van der Waals surface area (Å²) in [5.41, 5.74) is 1.11. The molecule has 2 aromatic heterocycles. The third kappa shape index (κ3) is 1.00. The van der Waals surface area contributed by atoms with Gasteiger partial charge in [0.05, 0.1) is 0 Å². The first-order chi connectivity index (χ1) is 5.40. The van der Waals surface area contributed by atoms with Crippen LogP contribution in [0.2, 0.25) is 6.82 Å². The number of hydrogen-bond acceptors (Lipinski definition) is 2. The zero-order valence-corrected chi connectivity index (χ0v) is 6.23. The van der Waals surface area contributed by atoms with Crippen molar-refractivity contribution in [3.8, 4) is 0 Å². The van der Waals surface area contributed by atoms with Gasteiger partial charge in [-0.3, -0.25) is 4.40 Å². The largest absolute Gasteiger partial charge is 0.292 e. The maximum atomic E-state index is 4.13. The first kappa shape index (κ1) is 6.40. The van der Waals surface area contributed by atoms with E-state index in [-0.39, 0.29) is 0 Å². The van der Waals surface area contributed by atoms with E-state index in [2.05, 4.69) is 9.97 Å². The number of rotatable bonds is 1. The highest BCUT2D eigenvalue weighted by atomic mass is 15.1. The predicted molar refractivity (Wildman–Crippen MR) is 44.2 cm³/mol. The van der Waals surface area contributed by atoms with E-state index in [1.54, 1.807) is 6.20 Å². The van der Waals surface area contributed by atoms with Crippen LogP contribution in [-0.4, -0.2) is 21.6 Å². The van der Waals surface area contributed by atoms with Crippen LogP contribution in [-0.2, 0) is 0 Å². The Labute approximate surface area is 65.3 Å². The summed E-state index contributed by atoms with van der Waals surface area (Å²) in [6.07, 6.45) is 7.43. The molecule has 0 saturated heterocycles. The maximum Gasteiger partial charge on any atom is 0.233 e. The lowest BCUT2D eigenvalue weighted by Crippen LogP contribution is -2.13. The van der Waals surface area contributed by atoms with Crippen molar-refractivity contribution in [2.75, 3.05) is 0 Å². The predicted octanol–water partition coefficient (Wildman–Crippen LogP) is 0.107. The molecule has 2 heterocycles. The van der Waals surface area contributed by atoms with Crippen LogP contribution in [0.1, 0.15) is 0 Å². The van der Waals surface area contributed by atoms with Crippen LogP contribution < -0.4 is 5.46 Å². The second-order valence-corrected chi connectivity index (χ2v) is 2.31. The van der Waals surface area contributed by atoms with Crippen LogP contribution in [0.3, 0.4) is 0 Å². The van der Waals surface area contributed by atoms with Gasteiger partial charge in [-0.15, -0.1) is 0 Å². The Bertz CT molecular complexity index is 368. The zero-order valence-electron chi connectivity index (χ0n) is 6.23. The molecule has 0 spiro atoms. The summed E-state index contributed by atoms with van der Waals surface area (Å²) < 4.78 is 1.90. The number of nitrogens with zero attached hydrogens (tertiary/aromatic N) is 3. The summed E-state index contributed by atoms with van der Waals surface area (Å²) in [6, 6.07) is 0. The van der Waals surface area contributed by atoms with Crippen LogP contribution in [0.15, 0.2) is 24.8 Å². The lowest BCUT2D eigenvalue weighted by Gasteiger charge is -1.95. The van der Waals surface area contributed by atoms with E-state index < -0.39 is 0 Å². The molecule has 3 nitrogen and oxygen atoms in total. The van der Waals surface area contributed by atoms with E-state index in [0.29, 0.717) is 0 Å². The van der Waals surface area contributed by atoms with E-state index >= 15 is 0 Å². The quantitative estimate of drug-likeness (QED) is 0.531. The number of fused-ring (bicyclic) bond motifs is 1. The van der Waals surface area contributed by atoms with Gasteiger partial charge in [0.25, 0.3) is 0 Å². The summed E-state index contributed by atoms with van der Waals surface area (Å²) in [7, 11) is 2.01. The molecule has 0 atom stereocenters. The van der Waals surface area contributed by atoms with Gasteiger partial charge in [-0.2, -0.15) is 0 Å². The molecule has 0 N–H and O–H groups in total. The Morgan fingerprint density at radius 2 is 2.36 bits per heavy atom. The molecule has 2 rings (SSSR count). The fourth-order valence-electron chi connectivity index (χ4n) is 0.981. The minimum absolute atomic E-state index is 0.746. The Balaban J connectivity index is 2.67. The fourth-order valence-corrected chi connectivity index (χ4v) is 0.981. The van der Waals surface area contributed by atoms with Gasteiger partial charge in [0.15, 0.2) is 7.28 Å². The van der Waals surface area contributed by atoms with Crippen molar-refractivity contribution in [2.45, 2.75) is 6.82 Å². The summed E-state index contributed by atoms with van der Waals surface area (Å²) in [5.74, 6) is 0.746. The third-order valence-electron chi connectivity index (χ3n) is 1.60. The van der Waals surface area contributed by atoms with E-state index in [9.17, 15) is 0 Å². The van der Waals surface area contributed by atoms with Crippen LogP contribution in [0.5, 0.6) is 0 Å². The number of aromatic nitrogens is 3. The molecule has 2 aromatic rings. The SMILES string of the molecule is C[B]c1cnc2nccn2c1. The van der Waals surface area contributed by atoms with Crippen molar-refractivity contribution in [3.05, 3.63) is 24.8 Å². The van der Waals surface area contributed by atoms with Gasteiger partial charge in [0, 0.05) is 24.8 Å². The standard InChI is InChI=1S/C7H7BN3/c1-8-6-4-10-7-9-2-3-11(7)5-6/h2-5H,1H3. The molecule has 53 valence electrons. The van der Waals surface area contributed by atoms with Crippen molar-refractivity contribution >= 4 is 18.5 Å². The fraction of sp³-hybridized carbons (Fsp3) is 0.143. The average Bonchev–Trinajstić information content (AvgIpc) is 2.50. The van der Waals surface area contributed by atoms with Crippen molar-refractivity contribution < 1.29 is 0 Å². The van der Waals surface area contributed by atoms with Crippen LogP contribution in [0, 0.1) is 0 Å². The second kappa shape index (κ2) is 2.38. The topological polar surface area (TPSA) is 30.2 Å². The van der Waals surface area contributed by atoms with E-state index in [1.165, 1.54) is 0 Å². The van der Waals surface area contributed by atoms with Gasteiger partial charge in [0.2, 0.25) is 5.78 Å². The molecule has 0 aliphatic heterocycles. The summed E-state index contributed by atoms with van der Waals surface area (Å²) >= 11 is 0. The van der Waals surface area contributed by atoms with Gasteiger partial charge in [-0.25, -0.2) is 9.97 Å². The van der Waals surface area contributed by atoms with Crippen molar-refractivity contribution in [1.29, 1.82) is 0 Å². The molecule has 4 heteroatoms. The smallest absolute Gasteiger partial charge is 0.233 e. The molecular formula is C7H7BN3. The number of hydrogen-bond donors (Lipinski definition) is 0. The van der Waals surface area contributed by atoms with Crippen molar-refractivity contribution in [2.24, 2.45) is 0 Å². The molecule has 11 heavy (non-hydrogen) atoms.